The van der Waals surface area contributed by atoms with E-state index in [1.165, 1.54) is 24.3 Å². The van der Waals surface area contributed by atoms with Gasteiger partial charge in [-0.3, -0.25) is 10.2 Å². The molecule has 0 spiro atoms. The molecule has 1 amide bonds. The Morgan fingerprint density at radius 3 is 2.60 bits per heavy atom. The largest absolute Gasteiger partial charge is 0.435 e. The van der Waals surface area contributed by atoms with Crippen LogP contribution in [-0.4, -0.2) is 49.5 Å². The number of hydrogen-bond donors (Lipinski definition) is 1. The van der Waals surface area contributed by atoms with Crippen molar-refractivity contribution in [3.05, 3.63) is 64.1 Å². The molecule has 2 aromatic rings. The van der Waals surface area contributed by atoms with Gasteiger partial charge in [0.05, 0.1) is 12.7 Å². The molecule has 0 radical (unpaired) electrons. The van der Waals surface area contributed by atoms with E-state index in [1.54, 1.807) is 29.2 Å². The molecule has 3 rings (SSSR count). The molecule has 1 aliphatic rings. The lowest BCUT2D eigenvalue weighted by molar-refractivity contribution is -0.209. The van der Waals surface area contributed by atoms with Crippen molar-refractivity contribution in [2.45, 2.75) is 18.4 Å². The number of ether oxygens (including phenoxy) is 2. The van der Waals surface area contributed by atoms with E-state index >= 15 is 0 Å². The van der Waals surface area contributed by atoms with Gasteiger partial charge in [0.25, 0.3) is 0 Å². The fourth-order valence-electron chi connectivity index (χ4n) is 3.03. The van der Waals surface area contributed by atoms with Crippen LogP contribution in [0, 0.1) is 0 Å². The number of hydrogen-bond acceptors (Lipinski definition) is 4. The van der Waals surface area contributed by atoms with E-state index in [1.807, 2.05) is 0 Å². The molecule has 0 saturated carbocycles. The molecule has 1 heterocycles. The Kier molecular flexibility index (Phi) is 7.46. The van der Waals surface area contributed by atoms with E-state index < -0.39 is 31.0 Å². The van der Waals surface area contributed by atoms with Gasteiger partial charge < -0.3 is 9.47 Å². The van der Waals surface area contributed by atoms with Gasteiger partial charge in [0.1, 0.15) is 0 Å². The zero-order valence-electron chi connectivity index (χ0n) is 15.7. The second-order valence-electron chi connectivity index (χ2n) is 6.74. The Labute approximate surface area is 181 Å². The lowest BCUT2D eigenvalue weighted by Gasteiger charge is -2.35. The number of nitrogens with zero attached hydrogens (tertiary/aromatic N) is 1. The third-order valence-corrected chi connectivity index (χ3v) is 4.99. The standard InChI is InChI=1S/C20H19Cl2F3N2O3/c21-14-4-6-16(7-5-14)26-19(28)30-18(20(23,24)25)12-27-8-9-29-17(11-27)13-2-1-3-15(22)10-13/h1-7,10,17-18H,8-9,11-12H2,(H,26,28)/t17?,18-/m0/s1. The molecule has 2 atom stereocenters. The van der Waals surface area contributed by atoms with E-state index in [9.17, 15) is 18.0 Å². The molecule has 1 fully saturated rings. The van der Waals surface area contributed by atoms with Crippen LogP contribution in [0.1, 0.15) is 11.7 Å². The topological polar surface area (TPSA) is 50.8 Å². The van der Waals surface area contributed by atoms with Crippen LogP contribution in [0.4, 0.5) is 23.7 Å². The fourth-order valence-corrected chi connectivity index (χ4v) is 3.35. The quantitative estimate of drug-likeness (QED) is 0.632. The molecule has 162 valence electrons. The van der Waals surface area contributed by atoms with Gasteiger partial charge in [-0.25, -0.2) is 4.79 Å². The van der Waals surface area contributed by atoms with Gasteiger partial charge in [-0.1, -0.05) is 35.3 Å². The highest BCUT2D eigenvalue weighted by Gasteiger charge is 2.44. The number of carbonyl (C=O) groups is 1. The Morgan fingerprint density at radius 1 is 1.20 bits per heavy atom. The fraction of sp³-hybridized carbons (Fsp3) is 0.350. The average molecular weight is 463 g/mol. The van der Waals surface area contributed by atoms with Crippen LogP contribution in [0.15, 0.2) is 48.5 Å². The van der Waals surface area contributed by atoms with Crippen LogP contribution in [0.25, 0.3) is 0 Å². The van der Waals surface area contributed by atoms with Gasteiger partial charge in [0.2, 0.25) is 6.10 Å². The maximum atomic E-state index is 13.5. The van der Waals surface area contributed by atoms with E-state index in [0.29, 0.717) is 10.0 Å². The van der Waals surface area contributed by atoms with Crippen molar-refractivity contribution < 1.29 is 27.4 Å². The monoisotopic (exact) mass is 462 g/mol. The maximum Gasteiger partial charge on any atom is 0.426 e. The summed E-state index contributed by atoms with van der Waals surface area (Å²) in [7, 11) is 0. The van der Waals surface area contributed by atoms with Crippen molar-refractivity contribution in [1.82, 2.24) is 4.90 Å². The number of halogens is 5. The number of benzene rings is 2. The van der Waals surface area contributed by atoms with Crippen molar-refractivity contribution in [2.24, 2.45) is 0 Å². The normalized spacial score (nSPS) is 18.6. The molecule has 0 aromatic heterocycles. The van der Waals surface area contributed by atoms with Crippen LogP contribution in [0.3, 0.4) is 0 Å². The van der Waals surface area contributed by atoms with Crippen molar-refractivity contribution >= 4 is 35.0 Å². The number of amides is 1. The molecule has 0 aliphatic carbocycles. The van der Waals surface area contributed by atoms with E-state index in [0.717, 1.165) is 5.56 Å². The van der Waals surface area contributed by atoms with Crippen molar-refractivity contribution in [3.63, 3.8) is 0 Å². The lowest BCUT2D eigenvalue weighted by Crippen LogP contribution is -2.48. The molecular formula is C20H19Cl2F3N2O3. The molecule has 1 saturated heterocycles. The Bertz CT molecular complexity index is 865. The second kappa shape index (κ2) is 9.87. The van der Waals surface area contributed by atoms with Gasteiger partial charge in [0.15, 0.2) is 0 Å². The highest BCUT2D eigenvalue weighted by atomic mass is 35.5. The maximum absolute atomic E-state index is 13.5. The van der Waals surface area contributed by atoms with Crippen LogP contribution in [-0.2, 0) is 9.47 Å². The number of rotatable bonds is 5. The molecule has 10 heteroatoms. The molecule has 2 aromatic carbocycles. The van der Waals surface area contributed by atoms with E-state index in [4.69, 9.17) is 32.7 Å². The summed E-state index contributed by atoms with van der Waals surface area (Å²) in [6.07, 6.45) is -8.63. The first kappa shape index (κ1) is 22.7. The highest BCUT2D eigenvalue weighted by molar-refractivity contribution is 6.30. The summed E-state index contributed by atoms with van der Waals surface area (Å²) in [4.78, 5) is 13.6. The zero-order valence-corrected chi connectivity index (χ0v) is 17.2. The Hall–Kier alpha value is -2.00. The third kappa shape index (κ3) is 6.50. The van der Waals surface area contributed by atoms with Crippen LogP contribution >= 0.6 is 23.2 Å². The number of carbonyl (C=O) groups excluding carboxylic acids is 1. The molecule has 1 aliphatic heterocycles. The molecule has 1 N–H and O–H groups in total. The minimum Gasteiger partial charge on any atom is -0.435 e. The van der Waals surface area contributed by atoms with Gasteiger partial charge in [0, 0.05) is 35.4 Å². The van der Waals surface area contributed by atoms with Crippen molar-refractivity contribution in [1.29, 1.82) is 0 Å². The number of alkyl halides is 3. The highest BCUT2D eigenvalue weighted by Crippen LogP contribution is 2.28. The van der Waals surface area contributed by atoms with Gasteiger partial charge in [-0.15, -0.1) is 0 Å². The minimum absolute atomic E-state index is 0.217. The molecule has 1 unspecified atom stereocenters. The van der Waals surface area contributed by atoms with Crippen molar-refractivity contribution in [3.8, 4) is 0 Å². The van der Waals surface area contributed by atoms with Gasteiger partial charge in [-0.2, -0.15) is 13.2 Å². The Morgan fingerprint density at radius 2 is 1.93 bits per heavy atom. The van der Waals surface area contributed by atoms with Crippen LogP contribution in [0.5, 0.6) is 0 Å². The predicted octanol–water partition coefficient (Wildman–Crippen LogP) is 5.55. The number of morpholine rings is 1. The number of nitrogens with one attached hydrogen (secondary N) is 1. The lowest BCUT2D eigenvalue weighted by atomic mass is 10.1. The molecule has 30 heavy (non-hydrogen) atoms. The molecule has 0 bridgehead atoms. The summed E-state index contributed by atoms with van der Waals surface area (Å²) in [6.45, 7) is 0.248. The van der Waals surface area contributed by atoms with Crippen LogP contribution in [0.2, 0.25) is 10.0 Å². The summed E-state index contributed by atoms with van der Waals surface area (Å²) in [5.41, 5.74) is 1.05. The minimum atomic E-state index is -4.72. The van der Waals surface area contributed by atoms with Crippen molar-refractivity contribution in [2.75, 3.05) is 31.6 Å². The number of anilines is 1. The molecular weight excluding hydrogens is 444 g/mol. The zero-order chi connectivity index (χ0) is 21.7. The summed E-state index contributed by atoms with van der Waals surface area (Å²) >= 11 is 11.7. The summed E-state index contributed by atoms with van der Waals surface area (Å²) in [5.74, 6) is 0. The van der Waals surface area contributed by atoms with E-state index in [-0.39, 0.29) is 25.4 Å². The van der Waals surface area contributed by atoms with Crippen LogP contribution < -0.4 is 5.32 Å². The Balaban J connectivity index is 1.62. The third-order valence-electron chi connectivity index (χ3n) is 4.50. The van der Waals surface area contributed by atoms with Gasteiger partial charge in [-0.05, 0) is 42.0 Å². The van der Waals surface area contributed by atoms with E-state index in [2.05, 4.69) is 5.32 Å². The van der Waals surface area contributed by atoms with Gasteiger partial charge >= 0.3 is 12.3 Å². The summed E-state index contributed by atoms with van der Waals surface area (Å²) in [5, 5.41) is 3.22. The second-order valence-corrected chi connectivity index (χ2v) is 7.61. The average Bonchev–Trinajstić information content (AvgIpc) is 2.69. The SMILES string of the molecule is O=C(Nc1ccc(Cl)cc1)O[C@@H](CN1CCOC(c2cccc(Cl)c2)C1)C(F)(F)F. The first-order chi connectivity index (χ1) is 14.2. The predicted molar refractivity (Wildman–Crippen MR) is 108 cm³/mol. The smallest absolute Gasteiger partial charge is 0.426 e. The summed E-state index contributed by atoms with van der Waals surface area (Å²) in [6, 6.07) is 12.9. The molecule has 5 nitrogen and oxygen atoms in total. The first-order valence-electron chi connectivity index (χ1n) is 9.10. The first-order valence-corrected chi connectivity index (χ1v) is 9.85. The summed E-state index contributed by atoms with van der Waals surface area (Å²) < 4.78 is 50.9.